The molecule has 0 spiro atoms. The van der Waals surface area contributed by atoms with Crippen molar-refractivity contribution < 1.29 is 23.4 Å². The number of thiazole rings is 1. The molecule has 0 bridgehead atoms. The van der Waals surface area contributed by atoms with E-state index in [-0.39, 0.29) is 11.7 Å². The Kier molecular flexibility index (Phi) is 9.17. The van der Waals surface area contributed by atoms with Crippen LogP contribution in [0.3, 0.4) is 0 Å². The van der Waals surface area contributed by atoms with Gasteiger partial charge >= 0.3 is 0 Å². The van der Waals surface area contributed by atoms with Gasteiger partial charge < -0.3 is 19.5 Å². The third-order valence-corrected chi connectivity index (χ3v) is 5.78. The number of halogens is 1. The van der Waals surface area contributed by atoms with Crippen LogP contribution in [-0.2, 0) is 24.4 Å². The molecular formula is C24H28FN3O4S. The number of aromatic nitrogens is 1. The number of hydrogen-bond donors (Lipinski definition) is 1. The van der Waals surface area contributed by atoms with Crippen LogP contribution >= 0.6 is 11.3 Å². The average molecular weight is 474 g/mol. The molecule has 0 fully saturated rings. The molecule has 9 heteroatoms. The summed E-state index contributed by atoms with van der Waals surface area (Å²) in [5.41, 5.74) is 2.34. The van der Waals surface area contributed by atoms with Crippen LogP contribution in [0, 0.1) is 5.82 Å². The van der Waals surface area contributed by atoms with Gasteiger partial charge in [0.1, 0.15) is 28.0 Å². The molecule has 0 atom stereocenters. The van der Waals surface area contributed by atoms with Crippen LogP contribution < -0.4 is 14.8 Å². The first-order valence-corrected chi connectivity index (χ1v) is 11.3. The Hall–Kier alpha value is -3.01. The van der Waals surface area contributed by atoms with E-state index in [0.29, 0.717) is 44.2 Å². The van der Waals surface area contributed by atoms with E-state index in [1.54, 1.807) is 38.8 Å². The molecule has 0 aliphatic carbocycles. The molecule has 3 aromatic rings. The molecule has 1 heterocycles. The van der Waals surface area contributed by atoms with Crippen molar-refractivity contribution in [2.45, 2.75) is 19.6 Å². The Morgan fingerprint density at radius 1 is 1.06 bits per heavy atom. The van der Waals surface area contributed by atoms with Gasteiger partial charge in [-0.25, -0.2) is 9.37 Å². The zero-order valence-electron chi connectivity index (χ0n) is 19.0. The summed E-state index contributed by atoms with van der Waals surface area (Å²) in [6.07, 6.45) is 0. The largest absolute Gasteiger partial charge is 0.497 e. The van der Waals surface area contributed by atoms with Gasteiger partial charge in [-0.2, -0.15) is 0 Å². The second-order valence-electron chi connectivity index (χ2n) is 7.32. The second kappa shape index (κ2) is 12.3. The molecular weight excluding hydrogens is 445 g/mol. The molecule has 1 aromatic heterocycles. The van der Waals surface area contributed by atoms with Gasteiger partial charge in [0, 0.05) is 43.8 Å². The molecule has 3 rings (SSSR count). The second-order valence-corrected chi connectivity index (χ2v) is 8.27. The molecule has 1 N–H and O–H groups in total. The first-order valence-electron chi connectivity index (χ1n) is 10.4. The number of carbonyl (C=O) groups excluding carboxylic acids is 1. The van der Waals surface area contributed by atoms with E-state index in [9.17, 15) is 9.18 Å². The number of hydrogen-bond acceptors (Lipinski definition) is 7. The van der Waals surface area contributed by atoms with Crippen LogP contribution in [0.2, 0.25) is 0 Å². The minimum Gasteiger partial charge on any atom is -0.497 e. The van der Waals surface area contributed by atoms with Crippen molar-refractivity contribution in [2.24, 2.45) is 0 Å². The maximum atomic E-state index is 13.4. The summed E-state index contributed by atoms with van der Waals surface area (Å²) < 4.78 is 29.2. The van der Waals surface area contributed by atoms with Crippen LogP contribution in [0.5, 0.6) is 11.5 Å². The van der Waals surface area contributed by atoms with Crippen LogP contribution in [0.25, 0.3) is 0 Å². The highest BCUT2D eigenvalue weighted by atomic mass is 32.1. The van der Waals surface area contributed by atoms with Crippen LogP contribution in [0.15, 0.2) is 47.8 Å². The maximum absolute atomic E-state index is 13.4. The average Bonchev–Trinajstić information content (AvgIpc) is 3.29. The zero-order valence-corrected chi connectivity index (χ0v) is 19.8. The fraction of sp³-hybridized carbons (Fsp3) is 0.333. The molecule has 1 amide bonds. The number of rotatable bonds is 12. The SMILES string of the molecule is COCCNC(=O)c1csc(CN(Cc2ccc(F)cc2)Cc2ccc(OC)cc2OC)n1. The highest BCUT2D eigenvalue weighted by Crippen LogP contribution is 2.27. The predicted octanol–water partition coefficient (Wildman–Crippen LogP) is 3.88. The fourth-order valence-corrected chi connectivity index (χ4v) is 4.09. The third-order valence-electron chi connectivity index (χ3n) is 4.94. The van der Waals surface area contributed by atoms with Crippen molar-refractivity contribution in [3.8, 4) is 11.5 Å². The quantitative estimate of drug-likeness (QED) is 0.403. The molecule has 0 saturated heterocycles. The van der Waals surface area contributed by atoms with Gasteiger partial charge in [-0.15, -0.1) is 11.3 Å². The minimum absolute atomic E-state index is 0.226. The third kappa shape index (κ3) is 7.24. The molecule has 0 unspecified atom stereocenters. The van der Waals surface area contributed by atoms with Crippen molar-refractivity contribution in [3.63, 3.8) is 0 Å². The number of amides is 1. The molecule has 33 heavy (non-hydrogen) atoms. The lowest BCUT2D eigenvalue weighted by Crippen LogP contribution is -2.27. The number of nitrogens with one attached hydrogen (secondary N) is 1. The molecule has 0 aliphatic heterocycles. The zero-order chi connectivity index (χ0) is 23.6. The highest BCUT2D eigenvalue weighted by molar-refractivity contribution is 7.09. The Bertz CT molecular complexity index is 1040. The Labute approximate surface area is 197 Å². The van der Waals surface area contributed by atoms with Gasteiger partial charge in [0.25, 0.3) is 5.91 Å². The van der Waals surface area contributed by atoms with Crippen LogP contribution in [-0.4, -0.2) is 50.3 Å². The van der Waals surface area contributed by atoms with E-state index in [1.165, 1.54) is 23.5 Å². The highest BCUT2D eigenvalue weighted by Gasteiger charge is 2.16. The van der Waals surface area contributed by atoms with Crippen molar-refractivity contribution in [2.75, 3.05) is 34.5 Å². The van der Waals surface area contributed by atoms with Crippen molar-refractivity contribution in [1.29, 1.82) is 0 Å². The lowest BCUT2D eigenvalue weighted by atomic mass is 10.1. The molecule has 7 nitrogen and oxygen atoms in total. The number of benzene rings is 2. The van der Waals surface area contributed by atoms with Crippen molar-refractivity contribution in [3.05, 3.63) is 75.5 Å². The molecule has 0 saturated carbocycles. The Morgan fingerprint density at radius 2 is 1.85 bits per heavy atom. The van der Waals surface area contributed by atoms with Gasteiger partial charge in [-0.3, -0.25) is 9.69 Å². The molecule has 0 radical (unpaired) electrons. The number of methoxy groups -OCH3 is 3. The summed E-state index contributed by atoms with van der Waals surface area (Å²) in [6, 6.07) is 12.1. The Balaban J connectivity index is 1.78. The van der Waals surface area contributed by atoms with Gasteiger partial charge in [0.15, 0.2) is 0 Å². The maximum Gasteiger partial charge on any atom is 0.270 e. The molecule has 176 valence electrons. The normalized spacial score (nSPS) is 10.9. The minimum atomic E-state index is -0.272. The van der Waals surface area contributed by atoms with Gasteiger partial charge in [-0.05, 0) is 23.8 Å². The van der Waals surface area contributed by atoms with E-state index < -0.39 is 0 Å². The summed E-state index contributed by atoms with van der Waals surface area (Å²) in [5, 5.41) is 5.34. The van der Waals surface area contributed by atoms with Crippen LogP contribution in [0.4, 0.5) is 4.39 Å². The summed E-state index contributed by atoms with van der Waals surface area (Å²) in [6.45, 7) is 2.53. The standard InChI is InChI=1S/C24H28FN3O4S/c1-30-11-10-26-24(29)21-16-33-23(27-21)15-28(13-17-4-7-19(25)8-5-17)14-18-6-9-20(31-2)12-22(18)32-3/h4-9,12,16H,10-11,13-15H2,1-3H3,(H,26,29). The molecule has 0 aliphatic rings. The lowest BCUT2D eigenvalue weighted by Gasteiger charge is -2.23. The number of ether oxygens (including phenoxy) is 3. The Morgan fingerprint density at radius 3 is 2.55 bits per heavy atom. The van der Waals surface area contributed by atoms with Gasteiger partial charge in [-0.1, -0.05) is 18.2 Å². The number of carbonyl (C=O) groups is 1. The van der Waals surface area contributed by atoms with E-state index >= 15 is 0 Å². The van der Waals surface area contributed by atoms with Crippen molar-refractivity contribution >= 4 is 17.2 Å². The summed E-state index contributed by atoms with van der Waals surface area (Å²) in [7, 11) is 4.82. The van der Waals surface area contributed by atoms with E-state index in [4.69, 9.17) is 14.2 Å². The van der Waals surface area contributed by atoms with E-state index in [2.05, 4.69) is 15.2 Å². The summed E-state index contributed by atoms with van der Waals surface area (Å²) in [4.78, 5) is 19.0. The monoisotopic (exact) mass is 473 g/mol. The van der Waals surface area contributed by atoms with E-state index in [0.717, 1.165) is 21.9 Å². The summed E-state index contributed by atoms with van der Waals surface area (Å²) >= 11 is 1.43. The lowest BCUT2D eigenvalue weighted by molar-refractivity contribution is 0.0932. The topological polar surface area (TPSA) is 72.9 Å². The first-order chi connectivity index (χ1) is 16.0. The smallest absolute Gasteiger partial charge is 0.270 e. The van der Waals surface area contributed by atoms with Gasteiger partial charge in [0.05, 0.1) is 27.4 Å². The molecule has 2 aromatic carbocycles. The van der Waals surface area contributed by atoms with Gasteiger partial charge in [0.2, 0.25) is 0 Å². The number of nitrogens with zero attached hydrogens (tertiary/aromatic N) is 2. The van der Waals surface area contributed by atoms with Crippen molar-refractivity contribution in [1.82, 2.24) is 15.2 Å². The predicted molar refractivity (Wildman–Crippen MR) is 125 cm³/mol. The summed E-state index contributed by atoms with van der Waals surface area (Å²) in [5.74, 6) is 0.933. The van der Waals surface area contributed by atoms with E-state index in [1.807, 2.05) is 18.2 Å². The first kappa shape index (κ1) is 24.6. The van der Waals surface area contributed by atoms with Crippen LogP contribution in [0.1, 0.15) is 26.6 Å². The fourth-order valence-electron chi connectivity index (χ4n) is 3.28.